The van der Waals surface area contributed by atoms with Crippen LogP contribution in [0.4, 0.5) is 5.69 Å². The molecule has 0 radical (unpaired) electrons. The molecule has 4 nitrogen and oxygen atoms in total. The van der Waals surface area contributed by atoms with Gasteiger partial charge in [-0.05, 0) is 30.2 Å². The maximum atomic E-state index is 12.3. The van der Waals surface area contributed by atoms with Gasteiger partial charge >= 0.3 is 0 Å². The molecule has 0 bridgehead atoms. The monoisotopic (exact) mass is 397 g/mol. The number of piperazine rings is 1. The van der Waals surface area contributed by atoms with Crippen LogP contribution in [0.1, 0.15) is 17.5 Å². The average Bonchev–Trinajstić information content (AvgIpc) is 2.72. The molecule has 1 saturated heterocycles. The third-order valence-corrected chi connectivity index (χ3v) is 5.54. The van der Waals surface area contributed by atoms with Gasteiger partial charge in [0.25, 0.3) is 0 Å². The molecule has 1 aliphatic heterocycles. The third-order valence-electron chi connectivity index (χ3n) is 5.14. The van der Waals surface area contributed by atoms with Crippen molar-refractivity contribution in [2.75, 3.05) is 44.6 Å². The Kier molecular flexibility index (Phi) is 7.66. The van der Waals surface area contributed by atoms with Crippen molar-refractivity contribution in [1.82, 2.24) is 9.80 Å². The van der Waals surface area contributed by atoms with Crippen molar-refractivity contribution in [3.05, 3.63) is 70.8 Å². The number of benzene rings is 2. The van der Waals surface area contributed by atoms with E-state index in [1.165, 1.54) is 5.56 Å². The molecule has 148 valence electrons. The van der Waals surface area contributed by atoms with E-state index in [0.29, 0.717) is 11.4 Å². The molecule has 1 fully saturated rings. The first-order valence-corrected chi connectivity index (χ1v) is 10.2. The first-order valence-electron chi connectivity index (χ1n) is 9.83. The van der Waals surface area contributed by atoms with Crippen LogP contribution >= 0.6 is 11.6 Å². The highest BCUT2D eigenvalue weighted by Gasteiger charge is 2.16. The van der Waals surface area contributed by atoms with Crippen molar-refractivity contribution in [3.8, 4) is 0 Å². The molecule has 1 aliphatic rings. The standard InChI is InChI=1S/C23H28ClN3O/c1-19-21(24)10-5-11-22(19)25-23(28)12-14-27-17-15-26(16-18-27)13-6-9-20-7-3-2-4-8-20/h2-11H,12-18H2,1H3,(H,25,28)/b9-6-. The SMILES string of the molecule is Cc1c(Cl)cccc1NC(=O)CCN1CCN(C/C=C\c2ccccc2)CC1. The van der Waals surface area contributed by atoms with E-state index in [4.69, 9.17) is 11.6 Å². The van der Waals surface area contributed by atoms with E-state index in [9.17, 15) is 4.79 Å². The van der Waals surface area contributed by atoms with Gasteiger partial charge in [-0.2, -0.15) is 0 Å². The van der Waals surface area contributed by atoms with Crippen molar-refractivity contribution in [2.24, 2.45) is 0 Å². The van der Waals surface area contributed by atoms with Crippen LogP contribution in [0, 0.1) is 6.92 Å². The topological polar surface area (TPSA) is 35.6 Å². The molecule has 1 N–H and O–H groups in total. The Bertz CT molecular complexity index is 799. The summed E-state index contributed by atoms with van der Waals surface area (Å²) < 4.78 is 0. The molecule has 5 heteroatoms. The van der Waals surface area contributed by atoms with Crippen LogP contribution in [-0.2, 0) is 4.79 Å². The lowest BCUT2D eigenvalue weighted by atomic mass is 10.2. The molecule has 0 spiro atoms. The lowest BCUT2D eigenvalue weighted by Gasteiger charge is -2.34. The van der Waals surface area contributed by atoms with E-state index < -0.39 is 0 Å². The van der Waals surface area contributed by atoms with Crippen molar-refractivity contribution in [3.63, 3.8) is 0 Å². The van der Waals surface area contributed by atoms with E-state index >= 15 is 0 Å². The number of rotatable bonds is 7. The van der Waals surface area contributed by atoms with E-state index in [1.54, 1.807) is 0 Å². The fourth-order valence-electron chi connectivity index (χ4n) is 3.31. The number of carbonyl (C=O) groups is 1. The number of nitrogens with one attached hydrogen (secondary N) is 1. The van der Waals surface area contributed by atoms with Crippen molar-refractivity contribution >= 4 is 29.3 Å². The Morgan fingerprint density at radius 1 is 1.04 bits per heavy atom. The van der Waals surface area contributed by atoms with Crippen LogP contribution in [-0.4, -0.2) is 55.0 Å². The van der Waals surface area contributed by atoms with Crippen molar-refractivity contribution in [1.29, 1.82) is 0 Å². The van der Waals surface area contributed by atoms with Gasteiger partial charge in [0.05, 0.1) is 0 Å². The first-order chi connectivity index (χ1) is 13.6. The van der Waals surface area contributed by atoms with Gasteiger partial charge in [-0.25, -0.2) is 0 Å². The molecule has 0 aromatic heterocycles. The van der Waals surface area contributed by atoms with E-state index in [-0.39, 0.29) is 5.91 Å². The minimum atomic E-state index is 0.0404. The number of halogens is 1. The summed E-state index contributed by atoms with van der Waals surface area (Å²) in [5.41, 5.74) is 2.95. The molecule has 2 aromatic rings. The molecule has 1 amide bonds. The van der Waals surface area contributed by atoms with Gasteiger partial charge in [0.1, 0.15) is 0 Å². The highest BCUT2D eigenvalue weighted by atomic mass is 35.5. The summed E-state index contributed by atoms with van der Waals surface area (Å²) in [7, 11) is 0. The Morgan fingerprint density at radius 3 is 2.50 bits per heavy atom. The average molecular weight is 398 g/mol. The summed E-state index contributed by atoms with van der Waals surface area (Å²) in [5.74, 6) is 0.0404. The molecule has 0 atom stereocenters. The smallest absolute Gasteiger partial charge is 0.225 e. The lowest BCUT2D eigenvalue weighted by molar-refractivity contribution is -0.116. The third kappa shape index (κ3) is 6.20. The normalized spacial score (nSPS) is 15.8. The van der Waals surface area contributed by atoms with Gasteiger partial charge < -0.3 is 10.2 Å². The predicted octanol–water partition coefficient (Wildman–Crippen LogP) is 4.31. The summed E-state index contributed by atoms with van der Waals surface area (Å²) in [4.78, 5) is 17.1. The zero-order valence-electron chi connectivity index (χ0n) is 16.4. The number of nitrogens with zero attached hydrogens (tertiary/aromatic N) is 2. The zero-order chi connectivity index (χ0) is 19.8. The van der Waals surface area contributed by atoms with Crippen LogP contribution in [0.5, 0.6) is 0 Å². The largest absolute Gasteiger partial charge is 0.326 e. The molecule has 0 aliphatic carbocycles. The maximum Gasteiger partial charge on any atom is 0.225 e. The van der Waals surface area contributed by atoms with Gasteiger partial charge in [-0.3, -0.25) is 9.69 Å². The van der Waals surface area contributed by atoms with Crippen LogP contribution < -0.4 is 5.32 Å². The molecular formula is C23H28ClN3O. The van der Waals surface area contributed by atoms with Crippen LogP contribution in [0.25, 0.3) is 6.08 Å². The summed E-state index contributed by atoms with van der Waals surface area (Å²) in [6, 6.07) is 16.0. The summed E-state index contributed by atoms with van der Waals surface area (Å²) in [6.45, 7) is 7.76. The second-order valence-corrected chi connectivity index (χ2v) is 7.57. The number of amides is 1. The molecule has 28 heavy (non-hydrogen) atoms. The number of hydrogen-bond donors (Lipinski definition) is 1. The molecule has 0 unspecified atom stereocenters. The minimum absolute atomic E-state index is 0.0404. The van der Waals surface area contributed by atoms with Gasteiger partial charge in [0.15, 0.2) is 0 Å². The summed E-state index contributed by atoms with van der Waals surface area (Å²) in [5, 5.41) is 3.65. The summed E-state index contributed by atoms with van der Waals surface area (Å²) >= 11 is 6.11. The van der Waals surface area contributed by atoms with E-state index in [2.05, 4.69) is 51.5 Å². The van der Waals surface area contributed by atoms with E-state index in [0.717, 1.165) is 50.5 Å². The van der Waals surface area contributed by atoms with Gasteiger partial charge in [-0.15, -0.1) is 0 Å². The van der Waals surface area contributed by atoms with Crippen molar-refractivity contribution < 1.29 is 4.79 Å². The maximum absolute atomic E-state index is 12.3. The molecule has 2 aromatic carbocycles. The Hall–Kier alpha value is -2.14. The van der Waals surface area contributed by atoms with Gasteiger partial charge in [-0.1, -0.05) is 60.2 Å². The highest BCUT2D eigenvalue weighted by molar-refractivity contribution is 6.31. The molecule has 3 rings (SSSR count). The fourth-order valence-corrected chi connectivity index (χ4v) is 3.49. The van der Waals surface area contributed by atoms with E-state index in [1.807, 2.05) is 31.2 Å². The second-order valence-electron chi connectivity index (χ2n) is 7.17. The number of carbonyl (C=O) groups excluding carboxylic acids is 1. The first kappa shape index (κ1) is 20.6. The van der Waals surface area contributed by atoms with Crippen molar-refractivity contribution in [2.45, 2.75) is 13.3 Å². The quantitative estimate of drug-likeness (QED) is 0.756. The Labute approximate surface area is 172 Å². The van der Waals surface area contributed by atoms with Crippen LogP contribution in [0.15, 0.2) is 54.6 Å². The Balaban J connectivity index is 1.35. The predicted molar refractivity (Wildman–Crippen MR) is 118 cm³/mol. The number of anilines is 1. The molecule has 1 heterocycles. The molecular weight excluding hydrogens is 370 g/mol. The second kappa shape index (κ2) is 10.4. The van der Waals surface area contributed by atoms with Gasteiger partial charge in [0, 0.05) is 56.4 Å². The zero-order valence-corrected chi connectivity index (χ0v) is 17.2. The lowest BCUT2D eigenvalue weighted by Crippen LogP contribution is -2.46. The summed E-state index contributed by atoms with van der Waals surface area (Å²) in [6.07, 6.45) is 4.90. The van der Waals surface area contributed by atoms with Crippen LogP contribution in [0.2, 0.25) is 5.02 Å². The molecule has 0 saturated carbocycles. The van der Waals surface area contributed by atoms with Gasteiger partial charge in [0.2, 0.25) is 5.91 Å². The van der Waals surface area contributed by atoms with Crippen LogP contribution in [0.3, 0.4) is 0 Å². The highest BCUT2D eigenvalue weighted by Crippen LogP contribution is 2.23. The Morgan fingerprint density at radius 2 is 1.75 bits per heavy atom. The fraction of sp³-hybridized carbons (Fsp3) is 0.348. The minimum Gasteiger partial charge on any atom is -0.326 e. The number of hydrogen-bond acceptors (Lipinski definition) is 3.